The molecule has 5 nitrogen and oxygen atoms in total. The number of halogens is 2. The molecule has 3 aromatic rings. The molecule has 0 bridgehead atoms. The summed E-state index contributed by atoms with van der Waals surface area (Å²) in [5.41, 5.74) is 3.97. The molecule has 0 saturated carbocycles. The Labute approximate surface area is 209 Å². The predicted octanol–water partition coefficient (Wildman–Crippen LogP) is 5.38. The quantitative estimate of drug-likeness (QED) is 0.455. The Hall–Kier alpha value is -3.38. The van der Waals surface area contributed by atoms with Crippen molar-refractivity contribution in [3.8, 4) is 5.75 Å². The van der Waals surface area contributed by atoms with Crippen molar-refractivity contribution in [3.63, 3.8) is 0 Å². The molecule has 0 unspecified atom stereocenters. The van der Waals surface area contributed by atoms with Crippen LogP contribution in [0.2, 0.25) is 5.02 Å². The number of fused-ring (bicyclic) bond motifs is 1. The van der Waals surface area contributed by atoms with Crippen LogP contribution in [0.1, 0.15) is 34.7 Å². The number of hydrogen-bond acceptors (Lipinski definition) is 3. The maximum Gasteiger partial charge on any atom is 0.323 e. The number of amides is 1. The normalized spacial score (nSPS) is 16.5. The molecule has 1 atom stereocenters. The van der Waals surface area contributed by atoms with Gasteiger partial charge in [0.15, 0.2) is 0 Å². The molecule has 0 aliphatic carbocycles. The van der Waals surface area contributed by atoms with Crippen molar-refractivity contribution >= 4 is 23.5 Å². The van der Waals surface area contributed by atoms with Crippen LogP contribution in [0.25, 0.3) is 0 Å². The number of hydrogen-bond donors (Lipinski definition) is 1. The van der Waals surface area contributed by atoms with Crippen LogP contribution in [0.3, 0.4) is 0 Å². The maximum atomic E-state index is 13.9. The minimum Gasteiger partial charge on any atom is -0.487 e. The van der Waals surface area contributed by atoms with E-state index in [1.54, 1.807) is 12.1 Å². The SMILES string of the molecule is Cc1ccc(CN(CC(=O)O)C(=O)Cc2ccc3c(c2)C[C@](C)(Cc2ccc(Cl)c(F)c2)O3)cc1. The summed E-state index contributed by atoms with van der Waals surface area (Å²) in [6.45, 7) is 3.81. The second kappa shape index (κ2) is 10.1. The summed E-state index contributed by atoms with van der Waals surface area (Å²) in [6, 6.07) is 18.0. The van der Waals surface area contributed by atoms with Crippen LogP contribution in [0.4, 0.5) is 4.39 Å². The Bertz CT molecular complexity index is 1260. The molecular formula is C28H27ClFNO4. The van der Waals surface area contributed by atoms with E-state index >= 15 is 0 Å². The summed E-state index contributed by atoms with van der Waals surface area (Å²) in [5.74, 6) is -1.03. The molecule has 1 heterocycles. The Balaban J connectivity index is 1.45. The molecule has 182 valence electrons. The highest BCUT2D eigenvalue weighted by Crippen LogP contribution is 2.38. The van der Waals surface area contributed by atoms with E-state index in [2.05, 4.69) is 0 Å². The smallest absolute Gasteiger partial charge is 0.323 e. The number of aryl methyl sites for hydroxylation is 1. The van der Waals surface area contributed by atoms with Crippen LogP contribution in [-0.2, 0) is 35.4 Å². The third kappa shape index (κ3) is 6.20. The number of ether oxygens (including phenoxy) is 1. The van der Waals surface area contributed by atoms with Gasteiger partial charge in [0, 0.05) is 19.4 Å². The molecule has 0 saturated heterocycles. The lowest BCUT2D eigenvalue weighted by Crippen LogP contribution is -2.36. The number of rotatable bonds is 8. The standard InChI is InChI=1S/C28H27ClFNO4/c1-18-3-5-19(6-4-18)16-31(17-27(33)34)26(32)13-20-8-10-25-22(11-20)15-28(2,35-25)14-21-7-9-23(29)24(30)12-21/h3-12H,13-17H2,1-2H3,(H,33,34)/t28-/m0/s1. The van der Waals surface area contributed by atoms with Gasteiger partial charge in [0.2, 0.25) is 5.91 Å². The zero-order valence-electron chi connectivity index (χ0n) is 19.7. The molecular weight excluding hydrogens is 469 g/mol. The van der Waals surface area contributed by atoms with Crippen LogP contribution in [0.15, 0.2) is 60.7 Å². The third-order valence-electron chi connectivity index (χ3n) is 6.14. The molecule has 0 fully saturated rings. The molecule has 4 rings (SSSR count). The van der Waals surface area contributed by atoms with E-state index in [1.807, 2.05) is 56.3 Å². The molecule has 0 spiro atoms. The van der Waals surface area contributed by atoms with E-state index in [9.17, 15) is 19.1 Å². The number of aliphatic carboxylic acids is 1. The van der Waals surface area contributed by atoms with E-state index in [0.717, 1.165) is 33.6 Å². The Morgan fingerprint density at radius 2 is 1.74 bits per heavy atom. The Kier molecular flexibility index (Phi) is 7.13. The lowest BCUT2D eigenvalue weighted by atomic mass is 9.91. The molecule has 0 aromatic heterocycles. The first-order chi connectivity index (χ1) is 16.6. The number of carboxylic acids is 1. The van der Waals surface area contributed by atoms with Crippen molar-refractivity contribution in [2.24, 2.45) is 0 Å². The van der Waals surface area contributed by atoms with Gasteiger partial charge in [-0.3, -0.25) is 9.59 Å². The molecule has 35 heavy (non-hydrogen) atoms. The van der Waals surface area contributed by atoms with Crippen molar-refractivity contribution in [1.82, 2.24) is 4.90 Å². The Morgan fingerprint density at radius 1 is 1.06 bits per heavy atom. The van der Waals surface area contributed by atoms with Gasteiger partial charge in [-0.25, -0.2) is 4.39 Å². The van der Waals surface area contributed by atoms with Crippen LogP contribution in [-0.4, -0.2) is 34.0 Å². The highest BCUT2D eigenvalue weighted by Gasteiger charge is 2.35. The van der Waals surface area contributed by atoms with Gasteiger partial charge in [0.1, 0.15) is 23.7 Å². The van der Waals surface area contributed by atoms with E-state index < -0.39 is 17.4 Å². The van der Waals surface area contributed by atoms with Crippen molar-refractivity contribution in [2.45, 2.75) is 45.3 Å². The summed E-state index contributed by atoms with van der Waals surface area (Å²) in [6.07, 6.45) is 1.20. The van der Waals surface area contributed by atoms with Gasteiger partial charge >= 0.3 is 5.97 Å². The van der Waals surface area contributed by atoms with Crippen LogP contribution in [0, 0.1) is 12.7 Å². The fourth-order valence-electron chi connectivity index (χ4n) is 4.46. The van der Waals surface area contributed by atoms with Gasteiger partial charge in [0.05, 0.1) is 11.4 Å². The summed E-state index contributed by atoms with van der Waals surface area (Å²) in [7, 11) is 0. The molecule has 0 radical (unpaired) electrons. The summed E-state index contributed by atoms with van der Waals surface area (Å²) < 4.78 is 20.1. The lowest BCUT2D eigenvalue weighted by molar-refractivity contribution is -0.144. The number of carbonyl (C=O) groups excluding carboxylic acids is 1. The van der Waals surface area contributed by atoms with Crippen LogP contribution >= 0.6 is 11.6 Å². The highest BCUT2D eigenvalue weighted by molar-refractivity contribution is 6.30. The zero-order chi connectivity index (χ0) is 25.2. The number of carbonyl (C=O) groups is 2. The second-order valence-corrected chi connectivity index (χ2v) is 9.81. The third-order valence-corrected chi connectivity index (χ3v) is 6.44. The fourth-order valence-corrected chi connectivity index (χ4v) is 4.58. The van der Waals surface area contributed by atoms with E-state index in [0.29, 0.717) is 12.8 Å². The molecule has 3 aromatic carbocycles. The van der Waals surface area contributed by atoms with Gasteiger partial charge < -0.3 is 14.7 Å². The molecule has 1 amide bonds. The molecule has 7 heteroatoms. The van der Waals surface area contributed by atoms with Crippen molar-refractivity contribution in [3.05, 3.63) is 99.3 Å². The van der Waals surface area contributed by atoms with Crippen LogP contribution < -0.4 is 4.74 Å². The predicted molar refractivity (Wildman–Crippen MR) is 132 cm³/mol. The minimum atomic E-state index is -1.05. The summed E-state index contributed by atoms with van der Waals surface area (Å²) in [5, 5.41) is 9.40. The number of nitrogens with zero attached hydrogens (tertiary/aromatic N) is 1. The van der Waals surface area contributed by atoms with Crippen molar-refractivity contribution in [2.75, 3.05) is 6.54 Å². The first-order valence-electron chi connectivity index (χ1n) is 11.4. The van der Waals surface area contributed by atoms with Gasteiger partial charge in [-0.2, -0.15) is 0 Å². The maximum absolute atomic E-state index is 13.9. The van der Waals surface area contributed by atoms with E-state index in [1.165, 1.54) is 11.0 Å². The zero-order valence-corrected chi connectivity index (χ0v) is 20.4. The molecule has 1 N–H and O–H groups in total. The monoisotopic (exact) mass is 495 g/mol. The first kappa shape index (κ1) is 24.7. The number of benzene rings is 3. The number of carboxylic acid groups (broad SMARTS) is 1. The van der Waals surface area contributed by atoms with Crippen molar-refractivity contribution in [1.29, 1.82) is 0 Å². The first-order valence-corrected chi connectivity index (χ1v) is 11.8. The van der Waals surface area contributed by atoms with Gasteiger partial charge in [-0.1, -0.05) is 59.6 Å². The van der Waals surface area contributed by atoms with Gasteiger partial charge in [0.25, 0.3) is 0 Å². The topological polar surface area (TPSA) is 66.8 Å². The fraction of sp³-hybridized carbons (Fsp3) is 0.286. The minimum absolute atomic E-state index is 0.0863. The van der Waals surface area contributed by atoms with Crippen LogP contribution in [0.5, 0.6) is 5.75 Å². The summed E-state index contributed by atoms with van der Waals surface area (Å²) in [4.78, 5) is 25.8. The largest absolute Gasteiger partial charge is 0.487 e. The summed E-state index contributed by atoms with van der Waals surface area (Å²) >= 11 is 5.80. The van der Waals surface area contributed by atoms with E-state index in [4.69, 9.17) is 16.3 Å². The van der Waals surface area contributed by atoms with Crippen molar-refractivity contribution < 1.29 is 23.8 Å². The molecule has 1 aliphatic rings. The van der Waals surface area contributed by atoms with Gasteiger partial charge in [-0.05, 0) is 54.3 Å². The Morgan fingerprint density at radius 3 is 2.43 bits per heavy atom. The van der Waals surface area contributed by atoms with Gasteiger partial charge in [-0.15, -0.1) is 0 Å². The second-order valence-electron chi connectivity index (χ2n) is 9.40. The highest BCUT2D eigenvalue weighted by atomic mass is 35.5. The average molecular weight is 496 g/mol. The molecule has 1 aliphatic heterocycles. The average Bonchev–Trinajstić information content (AvgIpc) is 3.12. The van der Waals surface area contributed by atoms with E-state index in [-0.39, 0.29) is 30.4 Å². The lowest BCUT2D eigenvalue weighted by Gasteiger charge is -2.24.